The van der Waals surface area contributed by atoms with Gasteiger partial charge in [-0.3, -0.25) is 4.79 Å². The zero-order chi connectivity index (χ0) is 13.5. The molecular formula is C14H20N2O3. The topological polar surface area (TPSA) is 59.6 Å². The molecule has 5 nitrogen and oxygen atoms in total. The monoisotopic (exact) mass is 264 g/mol. The molecule has 1 amide bonds. The molecule has 0 fully saturated rings. The number of ether oxygens (including phenoxy) is 2. The first-order valence-corrected chi connectivity index (χ1v) is 6.70. The molecule has 0 spiro atoms. The Labute approximate surface area is 113 Å². The van der Waals surface area contributed by atoms with Crippen molar-refractivity contribution in [1.82, 2.24) is 10.6 Å². The molecular weight excluding hydrogens is 244 g/mol. The summed E-state index contributed by atoms with van der Waals surface area (Å²) in [5, 5.41) is 6.10. The van der Waals surface area contributed by atoms with Gasteiger partial charge < -0.3 is 20.1 Å². The number of nitrogens with one attached hydrogen (secondary N) is 2. The van der Waals surface area contributed by atoms with Crippen LogP contribution >= 0.6 is 0 Å². The highest BCUT2D eigenvalue weighted by atomic mass is 16.6. The van der Waals surface area contributed by atoms with Gasteiger partial charge in [0.15, 0.2) is 11.5 Å². The molecule has 104 valence electrons. The highest BCUT2D eigenvalue weighted by molar-refractivity contribution is 5.94. The minimum atomic E-state index is -0.0755. The van der Waals surface area contributed by atoms with Gasteiger partial charge in [0.25, 0.3) is 5.91 Å². The van der Waals surface area contributed by atoms with Crippen LogP contribution in [0.15, 0.2) is 18.2 Å². The van der Waals surface area contributed by atoms with E-state index in [2.05, 4.69) is 17.6 Å². The summed E-state index contributed by atoms with van der Waals surface area (Å²) >= 11 is 0. The smallest absolute Gasteiger partial charge is 0.251 e. The molecule has 1 heterocycles. The van der Waals surface area contributed by atoms with Gasteiger partial charge in [-0.05, 0) is 37.7 Å². The van der Waals surface area contributed by atoms with E-state index in [9.17, 15) is 4.79 Å². The van der Waals surface area contributed by atoms with Crippen molar-refractivity contribution in [3.8, 4) is 11.5 Å². The van der Waals surface area contributed by atoms with Gasteiger partial charge in [-0.15, -0.1) is 0 Å². The predicted octanol–water partition coefficient (Wildman–Crippen LogP) is 1.19. The Bertz CT molecular complexity index is 435. The summed E-state index contributed by atoms with van der Waals surface area (Å²) in [4.78, 5) is 11.9. The standard InChI is InChI=1S/C14H20N2O3/c1-2-15-6-3-7-16-14(17)11-4-5-12-13(10-11)19-9-8-18-12/h4-5,10,15H,2-3,6-9H2,1H3,(H,16,17). The van der Waals surface area contributed by atoms with E-state index in [0.717, 1.165) is 19.5 Å². The third kappa shape index (κ3) is 3.86. The van der Waals surface area contributed by atoms with E-state index < -0.39 is 0 Å². The first-order chi connectivity index (χ1) is 9.31. The lowest BCUT2D eigenvalue weighted by Crippen LogP contribution is -2.27. The van der Waals surface area contributed by atoms with Crippen molar-refractivity contribution >= 4 is 5.91 Å². The number of hydrogen-bond donors (Lipinski definition) is 2. The van der Waals surface area contributed by atoms with Crippen molar-refractivity contribution in [2.45, 2.75) is 13.3 Å². The first kappa shape index (κ1) is 13.7. The third-order valence-electron chi connectivity index (χ3n) is 2.87. The number of hydrogen-bond acceptors (Lipinski definition) is 4. The second-order valence-corrected chi connectivity index (χ2v) is 4.32. The number of carbonyl (C=O) groups is 1. The molecule has 1 aromatic carbocycles. The van der Waals surface area contributed by atoms with Crippen molar-refractivity contribution in [1.29, 1.82) is 0 Å². The van der Waals surface area contributed by atoms with Gasteiger partial charge in [0.1, 0.15) is 13.2 Å². The van der Waals surface area contributed by atoms with Crippen molar-refractivity contribution in [3.63, 3.8) is 0 Å². The van der Waals surface area contributed by atoms with E-state index in [1.807, 2.05) is 0 Å². The summed E-state index contributed by atoms with van der Waals surface area (Å²) in [6, 6.07) is 5.27. The van der Waals surface area contributed by atoms with Crippen LogP contribution in [0.4, 0.5) is 0 Å². The molecule has 0 bridgehead atoms. The van der Waals surface area contributed by atoms with Crippen molar-refractivity contribution in [2.24, 2.45) is 0 Å². The maximum absolute atomic E-state index is 11.9. The second kappa shape index (κ2) is 6.99. The molecule has 1 aromatic rings. The number of amides is 1. The summed E-state index contributed by atoms with van der Waals surface area (Å²) in [6.45, 7) is 5.69. The van der Waals surface area contributed by atoms with E-state index in [-0.39, 0.29) is 5.91 Å². The molecule has 19 heavy (non-hydrogen) atoms. The van der Waals surface area contributed by atoms with Gasteiger partial charge in [0.2, 0.25) is 0 Å². The van der Waals surface area contributed by atoms with E-state index in [1.54, 1.807) is 18.2 Å². The number of fused-ring (bicyclic) bond motifs is 1. The van der Waals surface area contributed by atoms with Crippen LogP contribution in [0, 0.1) is 0 Å². The molecule has 0 saturated carbocycles. The second-order valence-electron chi connectivity index (χ2n) is 4.32. The van der Waals surface area contributed by atoms with E-state index in [1.165, 1.54) is 0 Å². The lowest BCUT2D eigenvalue weighted by molar-refractivity contribution is 0.0952. The summed E-state index contributed by atoms with van der Waals surface area (Å²) in [6.07, 6.45) is 0.921. The highest BCUT2D eigenvalue weighted by Crippen LogP contribution is 2.30. The van der Waals surface area contributed by atoms with Crippen LogP contribution in [0.25, 0.3) is 0 Å². The number of benzene rings is 1. The largest absolute Gasteiger partial charge is 0.486 e. The zero-order valence-electron chi connectivity index (χ0n) is 11.2. The molecule has 5 heteroatoms. The molecule has 0 saturated heterocycles. The van der Waals surface area contributed by atoms with Gasteiger partial charge in [0, 0.05) is 12.1 Å². The van der Waals surface area contributed by atoms with Gasteiger partial charge in [-0.2, -0.15) is 0 Å². The quantitative estimate of drug-likeness (QED) is 0.758. The zero-order valence-corrected chi connectivity index (χ0v) is 11.2. The maximum atomic E-state index is 11.9. The first-order valence-electron chi connectivity index (χ1n) is 6.70. The number of rotatable bonds is 6. The summed E-state index contributed by atoms with van der Waals surface area (Å²) in [5.74, 6) is 1.27. The van der Waals surface area contributed by atoms with Crippen LogP contribution in [-0.2, 0) is 0 Å². The minimum absolute atomic E-state index is 0.0755. The molecule has 0 atom stereocenters. The Morgan fingerprint density at radius 2 is 2.00 bits per heavy atom. The highest BCUT2D eigenvalue weighted by Gasteiger charge is 2.14. The Kier molecular flexibility index (Phi) is 5.03. The molecule has 0 unspecified atom stereocenters. The van der Waals surface area contributed by atoms with E-state index in [0.29, 0.717) is 36.8 Å². The van der Waals surface area contributed by atoms with E-state index in [4.69, 9.17) is 9.47 Å². The van der Waals surface area contributed by atoms with Crippen LogP contribution in [0.1, 0.15) is 23.7 Å². The third-order valence-corrected chi connectivity index (χ3v) is 2.87. The van der Waals surface area contributed by atoms with Gasteiger partial charge in [-0.25, -0.2) is 0 Å². The van der Waals surface area contributed by atoms with Crippen LogP contribution in [0.5, 0.6) is 11.5 Å². The molecule has 2 N–H and O–H groups in total. The molecule has 1 aliphatic rings. The van der Waals surface area contributed by atoms with Crippen LogP contribution in [0.2, 0.25) is 0 Å². The Morgan fingerprint density at radius 1 is 1.21 bits per heavy atom. The fourth-order valence-corrected chi connectivity index (χ4v) is 1.88. The Morgan fingerprint density at radius 3 is 2.79 bits per heavy atom. The Hall–Kier alpha value is -1.75. The van der Waals surface area contributed by atoms with Gasteiger partial charge in [-0.1, -0.05) is 6.92 Å². The lowest BCUT2D eigenvalue weighted by atomic mass is 10.2. The molecule has 0 radical (unpaired) electrons. The minimum Gasteiger partial charge on any atom is -0.486 e. The maximum Gasteiger partial charge on any atom is 0.251 e. The van der Waals surface area contributed by atoms with Crippen LogP contribution < -0.4 is 20.1 Å². The lowest BCUT2D eigenvalue weighted by Gasteiger charge is -2.18. The van der Waals surface area contributed by atoms with Crippen molar-refractivity contribution in [3.05, 3.63) is 23.8 Å². The van der Waals surface area contributed by atoms with E-state index >= 15 is 0 Å². The normalized spacial score (nSPS) is 13.1. The summed E-state index contributed by atoms with van der Waals surface area (Å²) in [7, 11) is 0. The number of carbonyl (C=O) groups excluding carboxylic acids is 1. The van der Waals surface area contributed by atoms with Crippen molar-refractivity contribution < 1.29 is 14.3 Å². The average Bonchev–Trinajstić information content (AvgIpc) is 2.46. The fourth-order valence-electron chi connectivity index (χ4n) is 1.88. The molecule has 0 aliphatic carbocycles. The average molecular weight is 264 g/mol. The van der Waals surface area contributed by atoms with Crippen LogP contribution in [-0.4, -0.2) is 38.8 Å². The Balaban J connectivity index is 1.85. The predicted molar refractivity (Wildman–Crippen MR) is 72.9 cm³/mol. The molecule has 1 aliphatic heterocycles. The summed E-state index contributed by atoms with van der Waals surface area (Å²) in [5.41, 5.74) is 0.604. The van der Waals surface area contributed by atoms with Gasteiger partial charge >= 0.3 is 0 Å². The molecule has 2 rings (SSSR count). The van der Waals surface area contributed by atoms with Crippen molar-refractivity contribution in [2.75, 3.05) is 32.8 Å². The molecule has 0 aromatic heterocycles. The SMILES string of the molecule is CCNCCCNC(=O)c1ccc2c(c1)OCCO2. The van der Waals surface area contributed by atoms with Crippen LogP contribution in [0.3, 0.4) is 0 Å². The van der Waals surface area contributed by atoms with Gasteiger partial charge in [0.05, 0.1) is 0 Å². The fraction of sp³-hybridized carbons (Fsp3) is 0.500. The summed E-state index contributed by atoms with van der Waals surface area (Å²) < 4.78 is 10.9.